The second-order valence-corrected chi connectivity index (χ2v) is 6.30. The summed E-state index contributed by atoms with van der Waals surface area (Å²) in [7, 11) is -3.64. The summed E-state index contributed by atoms with van der Waals surface area (Å²) in [5.41, 5.74) is -0.0180. The number of aryl methyl sites for hydroxylation is 1. The Bertz CT molecular complexity index is 576. The first-order chi connectivity index (χ1) is 8.87. The Balaban J connectivity index is 2.14. The van der Waals surface area contributed by atoms with E-state index in [9.17, 15) is 18.5 Å². The fourth-order valence-electron chi connectivity index (χ4n) is 1.77. The topological polar surface area (TPSA) is 104 Å². The predicted octanol–water partition coefficient (Wildman–Crippen LogP) is 1.07. The monoisotopic (exact) mass is 289 g/mol. The average molecular weight is 289 g/mol. The van der Waals surface area contributed by atoms with E-state index in [1.54, 1.807) is 0 Å². The van der Waals surface area contributed by atoms with Crippen LogP contribution in [0.15, 0.2) is 6.20 Å². The van der Waals surface area contributed by atoms with E-state index in [1.807, 2.05) is 0 Å². The third kappa shape index (κ3) is 4.00. The number of rotatable bonds is 7. The average Bonchev–Trinajstić information content (AvgIpc) is 3.02. The van der Waals surface area contributed by atoms with E-state index in [1.165, 1.54) is 17.5 Å². The standard InChI is InChI=1S/C10H15N3O5S/c1-19(16,17)18-7-10-9(13(14)15)6-11-12(10)5-4-8-2-3-8/h6,8H,2-5,7H2,1H3. The first-order valence-corrected chi connectivity index (χ1v) is 7.72. The van der Waals surface area contributed by atoms with Gasteiger partial charge in [0.05, 0.1) is 11.2 Å². The third-order valence-electron chi connectivity index (χ3n) is 2.98. The van der Waals surface area contributed by atoms with E-state index in [4.69, 9.17) is 0 Å². The Labute approximate surface area is 110 Å². The highest BCUT2D eigenvalue weighted by Crippen LogP contribution is 2.33. The molecule has 9 heteroatoms. The molecule has 0 saturated heterocycles. The van der Waals surface area contributed by atoms with Gasteiger partial charge in [-0.1, -0.05) is 12.8 Å². The molecular weight excluding hydrogens is 274 g/mol. The summed E-state index contributed by atoms with van der Waals surface area (Å²) in [5.74, 6) is 0.659. The lowest BCUT2D eigenvalue weighted by Gasteiger charge is -2.06. The van der Waals surface area contributed by atoms with Crippen LogP contribution in [0.5, 0.6) is 0 Å². The summed E-state index contributed by atoms with van der Waals surface area (Å²) < 4.78 is 28.0. The van der Waals surface area contributed by atoms with Gasteiger partial charge in [0, 0.05) is 6.54 Å². The van der Waals surface area contributed by atoms with Crippen molar-refractivity contribution in [1.29, 1.82) is 0 Å². The van der Waals surface area contributed by atoms with Crippen molar-refractivity contribution in [3.8, 4) is 0 Å². The summed E-state index contributed by atoms with van der Waals surface area (Å²) in [6, 6.07) is 0. The van der Waals surface area contributed by atoms with E-state index in [0.717, 1.165) is 18.9 Å². The summed E-state index contributed by atoms with van der Waals surface area (Å²) in [5, 5.41) is 14.8. The van der Waals surface area contributed by atoms with Crippen molar-refractivity contribution in [2.45, 2.75) is 32.4 Å². The van der Waals surface area contributed by atoms with Gasteiger partial charge in [0.25, 0.3) is 10.1 Å². The van der Waals surface area contributed by atoms with Gasteiger partial charge in [0.2, 0.25) is 0 Å². The van der Waals surface area contributed by atoms with Crippen molar-refractivity contribution < 1.29 is 17.5 Å². The normalized spacial score (nSPS) is 15.6. The lowest BCUT2D eigenvalue weighted by atomic mass is 10.3. The Kier molecular flexibility index (Phi) is 3.85. The molecule has 1 fully saturated rings. The Morgan fingerprint density at radius 2 is 2.26 bits per heavy atom. The molecule has 1 aromatic heterocycles. The van der Waals surface area contributed by atoms with Crippen LogP contribution in [0.3, 0.4) is 0 Å². The highest BCUT2D eigenvalue weighted by Gasteiger charge is 2.25. The molecule has 0 aromatic carbocycles. The summed E-state index contributed by atoms with van der Waals surface area (Å²) in [6.07, 6.45) is 5.29. The summed E-state index contributed by atoms with van der Waals surface area (Å²) >= 11 is 0. The lowest BCUT2D eigenvalue weighted by molar-refractivity contribution is -0.385. The first kappa shape index (κ1) is 13.9. The molecule has 0 bridgehead atoms. The molecule has 0 spiro atoms. The number of hydrogen-bond donors (Lipinski definition) is 0. The number of aromatic nitrogens is 2. The van der Waals surface area contributed by atoms with Crippen molar-refractivity contribution >= 4 is 15.8 Å². The van der Waals surface area contributed by atoms with Crippen LogP contribution in [-0.2, 0) is 27.5 Å². The molecule has 106 valence electrons. The van der Waals surface area contributed by atoms with E-state index < -0.39 is 15.0 Å². The van der Waals surface area contributed by atoms with E-state index >= 15 is 0 Å². The zero-order valence-corrected chi connectivity index (χ0v) is 11.3. The van der Waals surface area contributed by atoms with Crippen LogP contribution in [0.4, 0.5) is 5.69 Å². The van der Waals surface area contributed by atoms with E-state index in [2.05, 4.69) is 9.28 Å². The minimum atomic E-state index is -3.64. The van der Waals surface area contributed by atoms with Crippen LogP contribution in [0, 0.1) is 16.0 Å². The van der Waals surface area contributed by atoms with Gasteiger partial charge in [0.15, 0.2) is 0 Å². The number of nitro groups is 1. The highest BCUT2D eigenvalue weighted by atomic mass is 32.2. The SMILES string of the molecule is CS(=O)(=O)OCc1c([N+](=O)[O-])cnn1CCC1CC1. The highest BCUT2D eigenvalue weighted by molar-refractivity contribution is 7.85. The molecule has 1 saturated carbocycles. The maximum absolute atomic E-state index is 11.0. The maximum Gasteiger partial charge on any atom is 0.312 e. The Morgan fingerprint density at radius 1 is 1.58 bits per heavy atom. The zero-order valence-electron chi connectivity index (χ0n) is 10.5. The van der Waals surface area contributed by atoms with Gasteiger partial charge in [-0.2, -0.15) is 13.5 Å². The van der Waals surface area contributed by atoms with Crippen molar-refractivity contribution in [1.82, 2.24) is 9.78 Å². The first-order valence-electron chi connectivity index (χ1n) is 5.90. The van der Waals surface area contributed by atoms with Crippen molar-refractivity contribution in [2.75, 3.05) is 6.26 Å². The second kappa shape index (κ2) is 5.25. The largest absolute Gasteiger partial charge is 0.312 e. The van der Waals surface area contributed by atoms with E-state index in [-0.39, 0.29) is 18.0 Å². The summed E-state index contributed by atoms with van der Waals surface area (Å²) in [4.78, 5) is 10.3. The lowest BCUT2D eigenvalue weighted by Crippen LogP contribution is -2.11. The Morgan fingerprint density at radius 3 is 2.79 bits per heavy atom. The molecular formula is C10H15N3O5S. The molecule has 1 aliphatic carbocycles. The molecule has 1 heterocycles. The molecule has 2 rings (SSSR count). The van der Waals surface area contributed by atoms with Crippen molar-refractivity contribution in [3.63, 3.8) is 0 Å². The predicted molar refractivity (Wildman–Crippen MR) is 65.9 cm³/mol. The van der Waals surface area contributed by atoms with Crippen LogP contribution in [0.25, 0.3) is 0 Å². The molecule has 0 aliphatic heterocycles. The van der Waals surface area contributed by atoms with Crippen LogP contribution in [0.1, 0.15) is 25.0 Å². The molecule has 19 heavy (non-hydrogen) atoms. The number of nitrogens with zero attached hydrogens (tertiary/aromatic N) is 3. The van der Waals surface area contributed by atoms with Crippen LogP contribution < -0.4 is 0 Å². The van der Waals surface area contributed by atoms with Crippen LogP contribution >= 0.6 is 0 Å². The molecule has 8 nitrogen and oxygen atoms in total. The van der Waals surface area contributed by atoms with Gasteiger partial charge in [-0.25, -0.2) is 0 Å². The fraction of sp³-hybridized carbons (Fsp3) is 0.700. The third-order valence-corrected chi connectivity index (χ3v) is 3.53. The number of hydrogen-bond acceptors (Lipinski definition) is 6. The quantitative estimate of drug-likeness (QED) is 0.422. The minimum Gasteiger partial charge on any atom is -0.264 e. The van der Waals surface area contributed by atoms with Gasteiger partial charge >= 0.3 is 5.69 Å². The minimum absolute atomic E-state index is 0.191. The smallest absolute Gasteiger partial charge is 0.264 e. The molecule has 1 aliphatic rings. The fourth-order valence-corrected chi connectivity index (χ4v) is 2.09. The molecule has 1 aromatic rings. The van der Waals surface area contributed by atoms with Gasteiger partial charge < -0.3 is 0 Å². The van der Waals surface area contributed by atoms with E-state index in [0.29, 0.717) is 12.5 Å². The van der Waals surface area contributed by atoms with Crippen molar-refractivity contribution in [3.05, 3.63) is 22.0 Å². The molecule has 0 N–H and O–H groups in total. The van der Waals surface area contributed by atoms with Gasteiger partial charge in [-0.15, -0.1) is 0 Å². The maximum atomic E-state index is 11.0. The molecule has 0 unspecified atom stereocenters. The van der Waals surface area contributed by atoms with Crippen LogP contribution in [-0.4, -0.2) is 29.4 Å². The van der Waals surface area contributed by atoms with Gasteiger partial charge in [0.1, 0.15) is 18.5 Å². The van der Waals surface area contributed by atoms with Gasteiger partial charge in [-0.05, 0) is 12.3 Å². The molecule has 0 amide bonds. The van der Waals surface area contributed by atoms with Crippen LogP contribution in [0.2, 0.25) is 0 Å². The molecule has 0 atom stereocenters. The Hall–Kier alpha value is -1.48. The second-order valence-electron chi connectivity index (χ2n) is 4.66. The molecule has 0 radical (unpaired) electrons. The summed E-state index contributed by atoms with van der Waals surface area (Å²) in [6.45, 7) is 0.181. The van der Waals surface area contributed by atoms with Gasteiger partial charge in [-0.3, -0.25) is 19.0 Å². The van der Waals surface area contributed by atoms with Crippen molar-refractivity contribution in [2.24, 2.45) is 5.92 Å². The zero-order chi connectivity index (χ0) is 14.0.